The van der Waals surface area contributed by atoms with E-state index >= 15 is 0 Å². The molecule has 2 rings (SSSR count). The van der Waals surface area contributed by atoms with Gasteiger partial charge in [-0.2, -0.15) is 0 Å². The topological polar surface area (TPSA) is 49.4 Å². The van der Waals surface area contributed by atoms with Crippen LogP contribution in [0, 0.1) is 5.82 Å². The first-order valence-corrected chi connectivity index (χ1v) is 8.24. The second kappa shape index (κ2) is 7.61. The molecule has 0 unspecified atom stereocenters. The smallest absolute Gasteiger partial charge is 0.286 e. The Bertz CT molecular complexity index is 753. The maximum Gasteiger partial charge on any atom is 0.286 e. The molecule has 120 valence electrons. The van der Waals surface area contributed by atoms with Crippen molar-refractivity contribution in [3.63, 3.8) is 0 Å². The van der Waals surface area contributed by atoms with Crippen molar-refractivity contribution in [3.8, 4) is 0 Å². The first-order valence-electron chi connectivity index (χ1n) is 6.63. The lowest BCUT2D eigenvalue weighted by atomic mass is 10.2. The summed E-state index contributed by atoms with van der Waals surface area (Å²) in [5.74, 6) is -1.19. The Kier molecular flexibility index (Phi) is 5.79. The molecule has 0 heterocycles. The number of anilines is 1. The third kappa shape index (κ3) is 4.56. The third-order valence-electron chi connectivity index (χ3n) is 2.87. The largest absolute Gasteiger partial charge is 0.339 e. The van der Waals surface area contributed by atoms with Crippen LogP contribution in [0.3, 0.4) is 0 Å². The van der Waals surface area contributed by atoms with Gasteiger partial charge in [-0.3, -0.25) is 9.59 Å². The number of halogens is 2. The lowest BCUT2D eigenvalue weighted by molar-refractivity contribution is 0.102. The van der Waals surface area contributed by atoms with Crippen molar-refractivity contribution >= 4 is 44.5 Å². The minimum absolute atomic E-state index is 0.0630. The number of hydrogen-bond donors (Lipinski definition) is 1. The number of benzene rings is 2. The molecule has 0 atom stereocenters. The molecule has 1 N–H and O–H groups in total. The van der Waals surface area contributed by atoms with E-state index in [1.54, 1.807) is 44.4 Å². The second-order valence-corrected chi connectivity index (χ2v) is 6.75. The zero-order chi connectivity index (χ0) is 17.0. The standard InChI is InChI=1S/C16H14BrFN2O2S/c1-20(2)16(22)23-14-6-4-3-5-13(14)19-15(21)11-8-7-10(17)9-12(11)18/h3-9H,1-2H3,(H,19,21). The van der Waals surface area contributed by atoms with Gasteiger partial charge in [-0.1, -0.05) is 28.1 Å². The summed E-state index contributed by atoms with van der Waals surface area (Å²) in [5.41, 5.74) is 0.395. The Morgan fingerprint density at radius 1 is 1.17 bits per heavy atom. The van der Waals surface area contributed by atoms with E-state index in [-0.39, 0.29) is 10.8 Å². The minimum Gasteiger partial charge on any atom is -0.339 e. The van der Waals surface area contributed by atoms with Crippen LogP contribution < -0.4 is 5.32 Å². The first kappa shape index (κ1) is 17.5. The number of rotatable bonds is 3. The Hall–Kier alpha value is -1.86. The minimum atomic E-state index is -0.619. The molecule has 0 spiro atoms. The third-order valence-corrected chi connectivity index (χ3v) is 4.48. The number of para-hydroxylation sites is 1. The van der Waals surface area contributed by atoms with E-state index in [0.29, 0.717) is 15.1 Å². The van der Waals surface area contributed by atoms with E-state index in [1.165, 1.54) is 17.0 Å². The van der Waals surface area contributed by atoms with E-state index in [9.17, 15) is 14.0 Å². The summed E-state index contributed by atoms with van der Waals surface area (Å²) in [6.07, 6.45) is 0. The van der Waals surface area contributed by atoms with Gasteiger partial charge in [-0.05, 0) is 42.1 Å². The molecule has 23 heavy (non-hydrogen) atoms. The molecule has 0 radical (unpaired) electrons. The molecular formula is C16H14BrFN2O2S. The van der Waals surface area contributed by atoms with E-state index < -0.39 is 11.7 Å². The van der Waals surface area contributed by atoms with Crippen LogP contribution in [0.5, 0.6) is 0 Å². The van der Waals surface area contributed by atoms with Gasteiger partial charge < -0.3 is 10.2 Å². The van der Waals surface area contributed by atoms with Crippen molar-refractivity contribution in [2.45, 2.75) is 4.90 Å². The molecule has 0 aliphatic carbocycles. The molecule has 0 fully saturated rings. The lowest BCUT2D eigenvalue weighted by Crippen LogP contribution is -2.17. The summed E-state index contributed by atoms with van der Waals surface area (Å²) < 4.78 is 14.4. The summed E-state index contributed by atoms with van der Waals surface area (Å²) in [5, 5.41) is 2.48. The normalized spacial score (nSPS) is 10.3. The second-order valence-electron chi connectivity index (χ2n) is 4.84. The highest BCUT2D eigenvalue weighted by molar-refractivity contribution is 9.10. The molecule has 2 aromatic rings. The van der Waals surface area contributed by atoms with Crippen molar-refractivity contribution in [1.82, 2.24) is 4.90 Å². The number of carbonyl (C=O) groups excluding carboxylic acids is 2. The number of amides is 2. The average molecular weight is 397 g/mol. The Labute approximate surface area is 146 Å². The predicted octanol–water partition coefficient (Wildman–Crippen LogP) is 4.61. The zero-order valence-corrected chi connectivity index (χ0v) is 14.9. The van der Waals surface area contributed by atoms with E-state index in [4.69, 9.17) is 0 Å². The highest BCUT2D eigenvalue weighted by atomic mass is 79.9. The van der Waals surface area contributed by atoms with Gasteiger partial charge in [0.2, 0.25) is 0 Å². The van der Waals surface area contributed by atoms with Gasteiger partial charge in [0.15, 0.2) is 0 Å². The van der Waals surface area contributed by atoms with E-state index in [0.717, 1.165) is 11.8 Å². The van der Waals surface area contributed by atoms with Crippen LogP contribution in [0.1, 0.15) is 10.4 Å². The Morgan fingerprint density at radius 2 is 1.87 bits per heavy atom. The Balaban J connectivity index is 2.23. The van der Waals surface area contributed by atoms with Gasteiger partial charge in [0.05, 0.1) is 11.3 Å². The van der Waals surface area contributed by atoms with Crippen LogP contribution in [0.15, 0.2) is 51.8 Å². The van der Waals surface area contributed by atoms with Gasteiger partial charge in [-0.25, -0.2) is 4.39 Å². The van der Waals surface area contributed by atoms with Crippen LogP contribution in [0.25, 0.3) is 0 Å². The first-order chi connectivity index (χ1) is 10.9. The number of nitrogens with zero attached hydrogens (tertiary/aromatic N) is 1. The van der Waals surface area contributed by atoms with Crippen molar-refractivity contribution in [2.24, 2.45) is 0 Å². The summed E-state index contributed by atoms with van der Waals surface area (Å²) in [6, 6.07) is 11.1. The van der Waals surface area contributed by atoms with Crippen LogP contribution in [0.2, 0.25) is 0 Å². The van der Waals surface area contributed by atoms with Crippen molar-refractivity contribution < 1.29 is 14.0 Å². The molecule has 0 aromatic heterocycles. The zero-order valence-electron chi connectivity index (χ0n) is 12.5. The summed E-state index contributed by atoms with van der Waals surface area (Å²) in [6.45, 7) is 0. The van der Waals surface area contributed by atoms with Crippen LogP contribution in [-0.2, 0) is 0 Å². The van der Waals surface area contributed by atoms with Gasteiger partial charge in [0.1, 0.15) is 5.82 Å². The van der Waals surface area contributed by atoms with Crippen LogP contribution in [0.4, 0.5) is 14.9 Å². The summed E-state index contributed by atoms with van der Waals surface area (Å²) >= 11 is 4.14. The molecule has 7 heteroatoms. The predicted molar refractivity (Wildman–Crippen MR) is 93.4 cm³/mol. The van der Waals surface area contributed by atoms with Crippen molar-refractivity contribution in [3.05, 3.63) is 58.3 Å². The quantitative estimate of drug-likeness (QED) is 0.770. The fourth-order valence-corrected chi connectivity index (χ4v) is 2.79. The lowest BCUT2D eigenvalue weighted by Gasteiger charge is -2.13. The fourth-order valence-electron chi connectivity index (χ4n) is 1.71. The highest BCUT2D eigenvalue weighted by Crippen LogP contribution is 2.29. The number of nitrogens with one attached hydrogen (secondary N) is 1. The molecule has 4 nitrogen and oxygen atoms in total. The molecule has 2 aromatic carbocycles. The number of thioether (sulfide) groups is 1. The molecule has 0 saturated heterocycles. The van der Waals surface area contributed by atoms with Gasteiger partial charge in [0, 0.05) is 23.5 Å². The van der Waals surface area contributed by atoms with E-state index in [2.05, 4.69) is 21.2 Å². The fraction of sp³-hybridized carbons (Fsp3) is 0.125. The highest BCUT2D eigenvalue weighted by Gasteiger charge is 2.15. The molecular weight excluding hydrogens is 383 g/mol. The molecule has 0 aliphatic rings. The van der Waals surface area contributed by atoms with Gasteiger partial charge in [0.25, 0.3) is 11.1 Å². The average Bonchev–Trinajstić information content (AvgIpc) is 2.48. The van der Waals surface area contributed by atoms with Crippen molar-refractivity contribution in [1.29, 1.82) is 0 Å². The Morgan fingerprint density at radius 3 is 2.52 bits per heavy atom. The van der Waals surface area contributed by atoms with Gasteiger partial charge in [-0.15, -0.1) is 0 Å². The van der Waals surface area contributed by atoms with Gasteiger partial charge >= 0.3 is 0 Å². The SMILES string of the molecule is CN(C)C(=O)Sc1ccccc1NC(=O)c1ccc(Br)cc1F. The molecule has 0 saturated carbocycles. The van der Waals surface area contributed by atoms with Crippen LogP contribution in [-0.4, -0.2) is 30.1 Å². The van der Waals surface area contributed by atoms with Crippen molar-refractivity contribution in [2.75, 3.05) is 19.4 Å². The molecule has 2 amide bonds. The monoisotopic (exact) mass is 396 g/mol. The maximum atomic E-state index is 13.9. The molecule has 0 bridgehead atoms. The summed E-state index contributed by atoms with van der Waals surface area (Å²) in [7, 11) is 3.29. The molecule has 0 aliphatic heterocycles. The summed E-state index contributed by atoms with van der Waals surface area (Å²) in [4.78, 5) is 26.1. The number of hydrogen-bond acceptors (Lipinski definition) is 3. The maximum absolute atomic E-state index is 13.9. The van der Waals surface area contributed by atoms with E-state index in [1.807, 2.05) is 0 Å². The van der Waals surface area contributed by atoms with Crippen LogP contribution >= 0.6 is 27.7 Å². The number of carbonyl (C=O) groups is 2.